The fourth-order valence-corrected chi connectivity index (χ4v) is 2.81. The van der Waals surface area contributed by atoms with Crippen molar-refractivity contribution in [2.45, 2.75) is 38.3 Å². The van der Waals surface area contributed by atoms with Crippen LogP contribution in [0.1, 0.15) is 31.7 Å². The van der Waals surface area contributed by atoms with E-state index in [9.17, 15) is 9.90 Å². The number of hydrogen-bond acceptors (Lipinski definition) is 4. The van der Waals surface area contributed by atoms with Gasteiger partial charge in [0.2, 0.25) is 0 Å². The van der Waals surface area contributed by atoms with Crippen molar-refractivity contribution in [3.63, 3.8) is 0 Å². The second-order valence-corrected chi connectivity index (χ2v) is 5.51. The van der Waals surface area contributed by atoms with Gasteiger partial charge in [0.1, 0.15) is 0 Å². The summed E-state index contributed by atoms with van der Waals surface area (Å²) in [6, 6.07) is 10.2. The minimum Gasteiger partial charge on any atom is -0.466 e. The lowest BCUT2D eigenvalue weighted by Crippen LogP contribution is -2.49. The van der Waals surface area contributed by atoms with Crippen molar-refractivity contribution < 1.29 is 14.6 Å². The summed E-state index contributed by atoms with van der Waals surface area (Å²) in [5.41, 5.74) is 0.284. The molecular weight excluding hydrogens is 254 g/mol. The average Bonchev–Trinajstić information content (AvgIpc) is 2.39. The summed E-state index contributed by atoms with van der Waals surface area (Å²) >= 11 is 0. The van der Waals surface area contributed by atoms with E-state index in [-0.39, 0.29) is 12.4 Å². The highest BCUT2D eigenvalue weighted by atomic mass is 16.5. The van der Waals surface area contributed by atoms with Crippen LogP contribution < -0.4 is 0 Å². The number of carbonyl (C=O) groups is 1. The number of nitrogens with zero attached hydrogens (tertiary/aromatic N) is 1. The number of aliphatic hydroxyl groups is 1. The molecule has 4 heteroatoms. The normalized spacial score (nSPS) is 23.5. The Labute approximate surface area is 120 Å². The van der Waals surface area contributed by atoms with Crippen LogP contribution in [0.25, 0.3) is 0 Å². The molecular formula is C16H23NO3. The minimum atomic E-state index is -0.945. The van der Waals surface area contributed by atoms with Gasteiger partial charge in [0, 0.05) is 13.1 Å². The first-order chi connectivity index (χ1) is 9.61. The van der Waals surface area contributed by atoms with E-state index in [1.807, 2.05) is 18.2 Å². The molecule has 0 saturated carbocycles. The molecule has 0 aromatic heterocycles. The lowest BCUT2D eigenvalue weighted by atomic mass is 9.89. The standard InChI is InChI=1S/C16H23NO3/c1-2-20-15(18)11-16(19)9-6-10-17(13-16)12-14-7-4-3-5-8-14/h3-5,7-8,19H,2,6,9-13H2,1H3. The topological polar surface area (TPSA) is 49.8 Å². The zero-order valence-corrected chi connectivity index (χ0v) is 12.0. The molecule has 0 bridgehead atoms. The van der Waals surface area contributed by atoms with Gasteiger partial charge in [-0.2, -0.15) is 0 Å². The lowest BCUT2D eigenvalue weighted by Gasteiger charge is -2.38. The first-order valence-electron chi connectivity index (χ1n) is 7.25. The molecule has 4 nitrogen and oxygen atoms in total. The number of benzene rings is 1. The summed E-state index contributed by atoms with van der Waals surface area (Å²) in [4.78, 5) is 13.8. The number of β-amino-alcohol motifs (C(OH)–C–C–N with tert-alkyl or cyclic N) is 1. The largest absolute Gasteiger partial charge is 0.466 e. The van der Waals surface area contributed by atoms with E-state index in [4.69, 9.17) is 4.74 Å². The van der Waals surface area contributed by atoms with E-state index < -0.39 is 5.60 Å². The van der Waals surface area contributed by atoms with Crippen LogP contribution in [0.2, 0.25) is 0 Å². The summed E-state index contributed by atoms with van der Waals surface area (Å²) < 4.78 is 4.95. The van der Waals surface area contributed by atoms with Crippen molar-refractivity contribution >= 4 is 5.97 Å². The number of carbonyl (C=O) groups excluding carboxylic acids is 1. The van der Waals surface area contributed by atoms with E-state index in [1.54, 1.807) is 6.92 Å². The fourth-order valence-electron chi connectivity index (χ4n) is 2.81. The van der Waals surface area contributed by atoms with Gasteiger partial charge in [0.25, 0.3) is 0 Å². The molecule has 1 fully saturated rings. The third-order valence-corrected chi connectivity index (χ3v) is 3.66. The number of ether oxygens (including phenoxy) is 1. The molecule has 1 aromatic rings. The van der Waals surface area contributed by atoms with Crippen LogP contribution in [0.15, 0.2) is 30.3 Å². The molecule has 1 aliphatic heterocycles. The van der Waals surface area contributed by atoms with Crippen LogP contribution in [0.4, 0.5) is 0 Å². The zero-order valence-electron chi connectivity index (χ0n) is 12.0. The predicted molar refractivity (Wildman–Crippen MR) is 77.2 cm³/mol. The summed E-state index contributed by atoms with van der Waals surface area (Å²) in [7, 11) is 0. The number of esters is 1. The van der Waals surface area contributed by atoms with Crippen molar-refractivity contribution in [3.05, 3.63) is 35.9 Å². The van der Waals surface area contributed by atoms with E-state index >= 15 is 0 Å². The maximum atomic E-state index is 11.6. The molecule has 1 atom stereocenters. The molecule has 1 unspecified atom stereocenters. The highest BCUT2D eigenvalue weighted by Crippen LogP contribution is 2.26. The number of rotatable bonds is 5. The van der Waals surface area contributed by atoms with Gasteiger partial charge in [-0.15, -0.1) is 0 Å². The molecule has 1 heterocycles. The van der Waals surface area contributed by atoms with Gasteiger partial charge in [0.05, 0.1) is 18.6 Å². The van der Waals surface area contributed by atoms with Crippen molar-refractivity contribution in [1.82, 2.24) is 4.90 Å². The van der Waals surface area contributed by atoms with Crippen LogP contribution in [-0.2, 0) is 16.1 Å². The number of likely N-dealkylation sites (tertiary alicyclic amines) is 1. The number of hydrogen-bond donors (Lipinski definition) is 1. The van der Waals surface area contributed by atoms with E-state index in [0.717, 1.165) is 19.5 Å². The van der Waals surface area contributed by atoms with Gasteiger partial charge in [-0.1, -0.05) is 30.3 Å². The summed E-state index contributed by atoms with van der Waals surface area (Å²) in [5, 5.41) is 10.6. The molecule has 0 amide bonds. The molecule has 1 N–H and O–H groups in total. The van der Waals surface area contributed by atoms with Crippen LogP contribution >= 0.6 is 0 Å². The van der Waals surface area contributed by atoms with Gasteiger partial charge < -0.3 is 9.84 Å². The van der Waals surface area contributed by atoms with Crippen molar-refractivity contribution in [1.29, 1.82) is 0 Å². The van der Waals surface area contributed by atoms with Gasteiger partial charge in [0.15, 0.2) is 0 Å². The Balaban J connectivity index is 1.92. The Morgan fingerprint density at radius 2 is 2.15 bits per heavy atom. The first kappa shape index (κ1) is 15.0. The van der Waals surface area contributed by atoms with Gasteiger partial charge in [-0.25, -0.2) is 0 Å². The Bertz CT molecular complexity index is 435. The molecule has 1 aliphatic rings. The minimum absolute atomic E-state index is 0.0894. The van der Waals surface area contributed by atoms with E-state index in [2.05, 4.69) is 17.0 Å². The maximum absolute atomic E-state index is 11.6. The quantitative estimate of drug-likeness (QED) is 0.836. The molecule has 0 spiro atoms. The predicted octanol–water partition coefficient (Wildman–Crippen LogP) is 1.97. The van der Waals surface area contributed by atoms with Crippen LogP contribution in [0.3, 0.4) is 0 Å². The Hall–Kier alpha value is -1.39. The van der Waals surface area contributed by atoms with Crippen LogP contribution in [0.5, 0.6) is 0 Å². The van der Waals surface area contributed by atoms with Gasteiger partial charge in [-0.05, 0) is 31.9 Å². The molecule has 110 valence electrons. The number of piperidine rings is 1. The SMILES string of the molecule is CCOC(=O)CC1(O)CCCN(Cc2ccccc2)C1. The third-order valence-electron chi connectivity index (χ3n) is 3.66. The van der Waals surface area contributed by atoms with Crippen LogP contribution in [-0.4, -0.2) is 41.3 Å². The van der Waals surface area contributed by atoms with Crippen molar-refractivity contribution in [2.24, 2.45) is 0 Å². The Morgan fingerprint density at radius 3 is 2.85 bits per heavy atom. The molecule has 0 radical (unpaired) electrons. The monoisotopic (exact) mass is 277 g/mol. The smallest absolute Gasteiger partial charge is 0.308 e. The second-order valence-electron chi connectivity index (χ2n) is 5.51. The van der Waals surface area contributed by atoms with Gasteiger partial charge in [-0.3, -0.25) is 9.69 Å². The Kier molecular flexibility index (Phi) is 5.15. The summed E-state index contributed by atoms with van der Waals surface area (Å²) in [5.74, 6) is -0.309. The Morgan fingerprint density at radius 1 is 1.40 bits per heavy atom. The lowest BCUT2D eigenvalue weighted by molar-refractivity contribution is -0.151. The molecule has 1 saturated heterocycles. The van der Waals surface area contributed by atoms with E-state index in [1.165, 1.54) is 5.56 Å². The fraction of sp³-hybridized carbons (Fsp3) is 0.562. The van der Waals surface area contributed by atoms with Crippen molar-refractivity contribution in [2.75, 3.05) is 19.7 Å². The second kappa shape index (κ2) is 6.86. The van der Waals surface area contributed by atoms with E-state index in [0.29, 0.717) is 19.6 Å². The first-order valence-corrected chi connectivity index (χ1v) is 7.25. The highest BCUT2D eigenvalue weighted by molar-refractivity contribution is 5.70. The maximum Gasteiger partial charge on any atom is 0.308 e. The van der Waals surface area contributed by atoms with Crippen molar-refractivity contribution in [3.8, 4) is 0 Å². The highest BCUT2D eigenvalue weighted by Gasteiger charge is 2.35. The molecule has 20 heavy (non-hydrogen) atoms. The average molecular weight is 277 g/mol. The summed E-state index contributed by atoms with van der Waals surface area (Å²) in [6.45, 7) is 4.44. The van der Waals surface area contributed by atoms with Crippen LogP contribution in [0, 0.1) is 0 Å². The molecule has 0 aliphatic carbocycles. The zero-order chi connectivity index (χ0) is 14.4. The van der Waals surface area contributed by atoms with Gasteiger partial charge >= 0.3 is 5.97 Å². The molecule has 1 aromatic carbocycles. The summed E-state index contributed by atoms with van der Waals surface area (Å²) in [6.07, 6.45) is 1.66. The third kappa shape index (κ3) is 4.32. The molecule has 2 rings (SSSR count).